The van der Waals surface area contributed by atoms with E-state index in [1.807, 2.05) is 0 Å². The minimum Gasteiger partial charge on any atom is -0.354 e. The number of piperidine rings is 1. The monoisotopic (exact) mass is 239 g/mol. The van der Waals surface area contributed by atoms with Gasteiger partial charge in [0.25, 0.3) is 0 Å². The lowest BCUT2D eigenvalue weighted by molar-refractivity contribution is -0.123. The zero-order chi connectivity index (χ0) is 12.3. The minimum absolute atomic E-state index is 0.0428. The number of rotatable bonds is 3. The highest BCUT2D eigenvalue weighted by Crippen LogP contribution is 2.16. The van der Waals surface area contributed by atoms with E-state index >= 15 is 0 Å². The summed E-state index contributed by atoms with van der Waals surface area (Å²) in [6, 6.07) is 0.0428. The van der Waals surface area contributed by atoms with Crippen molar-refractivity contribution in [1.82, 2.24) is 15.5 Å². The van der Waals surface area contributed by atoms with Crippen LogP contribution in [0, 0.1) is 11.8 Å². The van der Waals surface area contributed by atoms with Gasteiger partial charge in [-0.1, -0.05) is 6.92 Å². The van der Waals surface area contributed by atoms with E-state index in [1.54, 1.807) is 0 Å². The Kier molecular flexibility index (Phi) is 4.40. The molecule has 2 aliphatic heterocycles. The van der Waals surface area contributed by atoms with E-state index in [9.17, 15) is 4.79 Å². The Bertz CT molecular complexity index is 261. The molecule has 17 heavy (non-hydrogen) atoms. The number of amides is 1. The summed E-state index contributed by atoms with van der Waals surface area (Å²) in [5, 5.41) is 6.40. The molecule has 2 fully saturated rings. The summed E-state index contributed by atoms with van der Waals surface area (Å²) < 4.78 is 0. The van der Waals surface area contributed by atoms with Crippen LogP contribution >= 0.6 is 0 Å². The van der Waals surface area contributed by atoms with Crippen LogP contribution in [0.25, 0.3) is 0 Å². The van der Waals surface area contributed by atoms with Gasteiger partial charge in [0.2, 0.25) is 5.91 Å². The summed E-state index contributed by atoms with van der Waals surface area (Å²) in [5.41, 5.74) is 0. The van der Waals surface area contributed by atoms with E-state index in [0.29, 0.717) is 11.8 Å². The third kappa shape index (κ3) is 3.42. The summed E-state index contributed by atoms with van der Waals surface area (Å²) in [4.78, 5) is 14.3. The maximum Gasteiger partial charge on any atom is 0.237 e. The van der Waals surface area contributed by atoms with Crippen LogP contribution in [0.4, 0.5) is 0 Å². The average molecular weight is 239 g/mol. The quantitative estimate of drug-likeness (QED) is 0.751. The SMILES string of the molecule is CC1CCNC1C(=O)NCC1CCN(C)CC1. The number of hydrogen-bond donors (Lipinski definition) is 2. The highest BCUT2D eigenvalue weighted by molar-refractivity contribution is 5.82. The molecule has 0 saturated carbocycles. The Hall–Kier alpha value is -0.610. The van der Waals surface area contributed by atoms with Gasteiger partial charge in [0.1, 0.15) is 0 Å². The number of hydrogen-bond acceptors (Lipinski definition) is 3. The van der Waals surface area contributed by atoms with Crippen LogP contribution in [0.3, 0.4) is 0 Å². The van der Waals surface area contributed by atoms with Crippen molar-refractivity contribution in [2.24, 2.45) is 11.8 Å². The Balaban J connectivity index is 1.69. The first kappa shape index (κ1) is 12.8. The van der Waals surface area contributed by atoms with E-state index < -0.39 is 0 Å². The third-order valence-electron chi connectivity index (χ3n) is 4.22. The fraction of sp³-hybridized carbons (Fsp3) is 0.923. The molecule has 4 nitrogen and oxygen atoms in total. The molecule has 2 saturated heterocycles. The molecule has 2 atom stereocenters. The fourth-order valence-corrected chi connectivity index (χ4v) is 2.81. The zero-order valence-electron chi connectivity index (χ0n) is 11.0. The van der Waals surface area contributed by atoms with Crippen LogP contribution < -0.4 is 10.6 Å². The Morgan fingerprint density at radius 3 is 2.65 bits per heavy atom. The highest BCUT2D eigenvalue weighted by Gasteiger charge is 2.29. The van der Waals surface area contributed by atoms with Crippen LogP contribution in [-0.2, 0) is 4.79 Å². The summed E-state index contributed by atoms with van der Waals surface area (Å²) in [6.45, 7) is 6.32. The molecule has 2 unspecified atom stereocenters. The third-order valence-corrected chi connectivity index (χ3v) is 4.22. The molecule has 2 aliphatic rings. The number of carbonyl (C=O) groups excluding carboxylic acids is 1. The van der Waals surface area contributed by atoms with Crippen LogP contribution in [0.1, 0.15) is 26.2 Å². The first-order valence-corrected chi connectivity index (χ1v) is 6.86. The van der Waals surface area contributed by atoms with E-state index in [2.05, 4.69) is 29.5 Å². The first-order valence-electron chi connectivity index (χ1n) is 6.86. The van der Waals surface area contributed by atoms with E-state index in [0.717, 1.165) is 19.5 Å². The van der Waals surface area contributed by atoms with Crippen molar-refractivity contribution in [3.8, 4) is 0 Å². The number of nitrogens with zero attached hydrogens (tertiary/aromatic N) is 1. The zero-order valence-corrected chi connectivity index (χ0v) is 11.0. The largest absolute Gasteiger partial charge is 0.354 e. The summed E-state index contributed by atoms with van der Waals surface area (Å²) in [5.74, 6) is 1.35. The number of carbonyl (C=O) groups is 1. The molecule has 2 rings (SSSR count). The van der Waals surface area contributed by atoms with Crippen molar-refractivity contribution < 1.29 is 4.79 Å². The molecule has 0 spiro atoms. The van der Waals surface area contributed by atoms with Gasteiger partial charge < -0.3 is 15.5 Å². The van der Waals surface area contributed by atoms with Gasteiger partial charge in [-0.15, -0.1) is 0 Å². The van der Waals surface area contributed by atoms with Crippen molar-refractivity contribution in [2.45, 2.75) is 32.2 Å². The Labute approximate surface area is 104 Å². The van der Waals surface area contributed by atoms with E-state index in [1.165, 1.54) is 25.9 Å². The van der Waals surface area contributed by atoms with Crippen LogP contribution in [0.5, 0.6) is 0 Å². The summed E-state index contributed by atoms with van der Waals surface area (Å²) in [6.07, 6.45) is 3.54. The number of nitrogens with one attached hydrogen (secondary N) is 2. The molecule has 0 aliphatic carbocycles. The lowest BCUT2D eigenvalue weighted by Gasteiger charge is -2.29. The maximum absolute atomic E-state index is 12.0. The van der Waals surface area contributed by atoms with Gasteiger partial charge >= 0.3 is 0 Å². The van der Waals surface area contributed by atoms with Gasteiger partial charge in [-0.3, -0.25) is 4.79 Å². The Morgan fingerprint density at radius 1 is 1.35 bits per heavy atom. The van der Waals surface area contributed by atoms with Gasteiger partial charge in [0.05, 0.1) is 6.04 Å². The van der Waals surface area contributed by atoms with Gasteiger partial charge in [0.15, 0.2) is 0 Å². The fourth-order valence-electron chi connectivity index (χ4n) is 2.81. The van der Waals surface area contributed by atoms with Crippen molar-refractivity contribution in [2.75, 3.05) is 33.2 Å². The molecular formula is C13H25N3O. The minimum atomic E-state index is 0.0428. The second-order valence-electron chi connectivity index (χ2n) is 5.69. The molecule has 0 aromatic rings. The van der Waals surface area contributed by atoms with Crippen LogP contribution in [0.15, 0.2) is 0 Å². The molecule has 0 bridgehead atoms. The maximum atomic E-state index is 12.0. The number of likely N-dealkylation sites (tertiary alicyclic amines) is 1. The molecule has 0 aromatic carbocycles. The molecule has 2 heterocycles. The smallest absolute Gasteiger partial charge is 0.237 e. The van der Waals surface area contributed by atoms with Gasteiger partial charge in [-0.2, -0.15) is 0 Å². The van der Waals surface area contributed by atoms with Crippen molar-refractivity contribution in [1.29, 1.82) is 0 Å². The Morgan fingerprint density at radius 2 is 2.06 bits per heavy atom. The lowest BCUT2D eigenvalue weighted by Crippen LogP contribution is -2.45. The standard InChI is InChI=1S/C13H25N3O/c1-10-3-6-14-12(10)13(17)15-9-11-4-7-16(2)8-5-11/h10-12,14H,3-9H2,1-2H3,(H,15,17). The van der Waals surface area contributed by atoms with E-state index in [-0.39, 0.29) is 11.9 Å². The summed E-state index contributed by atoms with van der Waals surface area (Å²) >= 11 is 0. The van der Waals surface area contributed by atoms with Crippen molar-refractivity contribution >= 4 is 5.91 Å². The lowest BCUT2D eigenvalue weighted by atomic mass is 9.96. The predicted molar refractivity (Wildman–Crippen MR) is 68.8 cm³/mol. The van der Waals surface area contributed by atoms with Crippen molar-refractivity contribution in [3.05, 3.63) is 0 Å². The summed E-state index contributed by atoms with van der Waals surface area (Å²) in [7, 11) is 2.17. The van der Waals surface area contributed by atoms with Gasteiger partial charge in [-0.05, 0) is 57.8 Å². The molecule has 4 heteroatoms. The second kappa shape index (κ2) is 5.83. The van der Waals surface area contributed by atoms with Crippen LogP contribution in [0.2, 0.25) is 0 Å². The van der Waals surface area contributed by atoms with Crippen LogP contribution in [-0.4, -0.2) is 50.1 Å². The molecule has 0 aromatic heterocycles. The topological polar surface area (TPSA) is 44.4 Å². The average Bonchev–Trinajstić information content (AvgIpc) is 2.74. The van der Waals surface area contributed by atoms with Gasteiger partial charge in [-0.25, -0.2) is 0 Å². The van der Waals surface area contributed by atoms with E-state index in [4.69, 9.17) is 0 Å². The van der Waals surface area contributed by atoms with Gasteiger partial charge in [0, 0.05) is 6.54 Å². The molecule has 98 valence electrons. The highest BCUT2D eigenvalue weighted by atomic mass is 16.2. The molecular weight excluding hydrogens is 214 g/mol. The van der Waals surface area contributed by atoms with Crippen molar-refractivity contribution in [3.63, 3.8) is 0 Å². The normalized spacial score (nSPS) is 31.6. The molecule has 1 amide bonds. The first-order chi connectivity index (χ1) is 8.16. The predicted octanol–water partition coefficient (Wildman–Crippen LogP) is 0.442. The second-order valence-corrected chi connectivity index (χ2v) is 5.69. The molecule has 2 N–H and O–H groups in total. The molecule has 0 radical (unpaired) electrons.